The molecule has 6 atom stereocenters. The highest BCUT2D eigenvalue weighted by atomic mass is 32.2. The van der Waals surface area contributed by atoms with E-state index in [4.69, 9.17) is 0 Å². The van der Waals surface area contributed by atoms with Crippen molar-refractivity contribution in [2.24, 2.45) is 34.5 Å². The summed E-state index contributed by atoms with van der Waals surface area (Å²) in [6.07, 6.45) is 10.1. The lowest BCUT2D eigenvalue weighted by atomic mass is 9.79. The fourth-order valence-corrected chi connectivity index (χ4v) is 8.76. The van der Waals surface area contributed by atoms with Gasteiger partial charge in [0.05, 0.1) is 12.3 Å². The summed E-state index contributed by atoms with van der Waals surface area (Å²) in [5, 5.41) is 11.6. The molecule has 0 spiro atoms. The van der Waals surface area contributed by atoms with Crippen LogP contribution in [0, 0.1) is 34.5 Å². The Bertz CT molecular complexity index is 1400. The molecule has 3 saturated carbocycles. The summed E-state index contributed by atoms with van der Waals surface area (Å²) in [5.41, 5.74) is -0.609. The smallest absolute Gasteiger partial charge is 0.315 e. The van der Waals surface area contributed by atoms with Crippen LogP contribution in [0.1, 0.15) is 112 Å². The van der Waals surface area contributed by atoms with Gasteiger partial charge >= 0.3 is 6.03 Å². The standard InChI is InChI=1S/C37H64N6O7S/c1-9-19-38-33(46)31(44)27(20-23-15-16-23)39-32(45)30-25-17-18-37(5,6)26(25)21-43(30)34(47)29(24-13-11-10-12-14-24)41-35(48)40-28(36(2,3)4)22-42(7)51(8,49)50/h23-30H,9-22H2,1-8H3,(H,38,46)(H,39,45)(H2,40,41,48)/t25-,26-,27?,28+,29-,30-/m0/s1. The zero-order valence-electron chi connectivity index (χ0n) is 32.2. The van der Waals surface area contributed by atoms with Crippen LogP contribution in [0.25, 0.3) is 0 Å². The topological polar surface area (TPSA) is 174 Å². The Balaban J connectivity index is 1.61. The summed E-state index contributed by atoms with van der Waals surface area (Å²) in [6, 6.07) is -3.81. The van der Waals surface area contributed by atoms with Crippen LogP contribution in [-0.4, -0.2) is 104 Å². The highest BCUT2D eigenvalue weighted by molar-refractivity contribution is 7.88. The molecule has 0 aromatic carbocycles. The van der Waals surface area contributed by atoms with Crippen LogP contribution in [0.2, 0.25) is 0 Å². The molecule has 3 aliphatic carbocycles. The Morgan fingerprint density at radius 2 is 1.59 bits per heavy atom. The Labute approximate surface area is 305 Å². The summed E-state index contributed by atoms with van der Waals surface area (Å²) >= 11 is 0. The van der Waals surface area contributed by atoms with Gasteiger partial charge in [0, 0.05) is 32.7 Å². The molecule has 4 rings (SSSR count). The van der Waals surface area contributed by atoms with Gasteiger partial charge in [-0.05, 0) is 73.0 Å². The lowest BCUT2D eigenvalue weighted by Crippen LogP contribution is -2.61. The van der Waals surface area contributed by atoms with Gasteiger partial charge < -0.3 is 26.2 Å². The van der Waals surface area contributed by atoms with Crippen molar-refractivity contribution >= 4 is 39.6 Å². The molecule has 0 bridgehead atoms. The molecule has 0 radical (unpaired) electrons. The molecule has 1 heterocycles. The number of Topliss-reactive ketones (excluding diaryl/α,β-unsaturated/α-hetero) is 1. The molecule has 4 N–H and O–H groups in total. The lowest BCUT2D eigenvalue weighted by molar-refractivity contribution is -0.144. The minimum Gasteiger partial charge on any atom is -0.349 e. The molecule has 1 saturated heterocycles. The van der Waals surface area contributed by atoms with E-state index in [1.165, 1.54) is 11.4 Å². The number of nitrogens with zero attached hydrogens (tertiary/aromatic N) is 2. The molecule has 4 aliphatic rings. The number of carbonyl (C=O) groups excluding carboxylic acids is 5. The van der Waals surface area contributed by atoms with E-state index in [0.29, 0.717) is 25.9 Å². The second-order valence-corrected chi connectivity index (χ2v) is 19.6. The van der Waals surface area contributed by atoms with Gasteiger partial charge in [-0.15, -0.1) is 0 Å². The number of rotatable bonds is 15. The van der Waals surface area contributed by atoms with E-state index in [1.807, 2.05) is 27.7 Å². The maximum atomic E-state index is 14.8. The van der Waals surface area contributed by atoms with Crippen molar-refractivity contribution in [2.45, 2.75) is 136 Å². The summed E-state index contributed by atoms with van der Waals surface area (Å²) in [4.78, 5) is 70.7. The van der Waals surface area contributed by atoms with Gasteiger partial charge in [-0.3, -0.25) is 19.2 Å². The number of fused-ring (bicyclic) bond motifs is 1. The molecule has 0 aromatic rings. The van der Waals surface area contributed by atoms with Gasteiger partial charge in [0.1, 0.15) is 12.1 Å². The Hall–Kier alpha value is -2.74. The van der Waals surface area contributed by atoms with E-state index in [9.17, 15) is 32.4 Å². The molecular weight excluding hydrogens is 673 g/mol. The molecule has 0 aromatic heterocycles. The van der Waals surface area contributed by atoms with E-state index in [1.54, 1.807) is 4.90 Å². The van der Waals surface area contributed by atoms with Crippen molar-refractivity contribution in [3.63, 3.8) is 0 Å². The van der Waals surface area contributed by atoms with Crippen molar-refractivity contribution in [2.75, 3.05) is 32.9 Å². The van der Waals surface area contributed by atoms with Gasteiger partial charge in [0.2, 0.25) is 27.6 Å². The van der Waals surface area contributed by atoms with E-state index < -0.39 is 63.2 Å². The average Bonchev–Trinajstić information content (AvgIpc) is 3.71. The Morgan fingerprint density at radius 3 is 2.16 bits per heavy atom. The number of carbonyl (C=O) groups is 5. The lowest BCUT2D eigenvalue weighted by Gasteiger charge is -2.37. The molecule has 51 heavy (non-hydrogen) atoms. The second-order valence-electron chi connectivity index (χ2n) is 17.5. The quantitative estimate of drug-likeness (QED) is 0.187. The summed E-state index contributed by atoms with van der Waals surface area (Å²) in [6.45, 7) is 12.8. The first-order valence-electron chi connectivity index (χ1n) is 19.2. The maximum absolute atomic E-state index is 14.8. The van der Waals surface area contributed by atoms with E-state index >= 15 is 0 Å². The molecule has 5 amide bonds. The summed E-state index contributed by atoms with van der Waals surface area (Å²) < 4.78 is 25.7. The third-order valence-corrected chi connectivity index (χ3v) is 13.3. The van der Waals surface area contributed by atoms with E-state index in [-0.39, 0.29) is 41.5 Å². The molecular formula is C37H64N6O7S. The van der Waals surface area contributed by atoms with Crippen molar-refractivity contribution in [1.29, 1.82) is 0 Å². The molecule has 1 aliphatic heterocycles. The minimum atomic E-state index is -3.50. The predicted octanol–water partition coefficient (Wildman–Crippen LogP) is 3.18. The third kappa shape index (κ3) is 10.4. The fraction of sp³-hybridized carbons (Fsp3) is 0.865. The van der Waals surface area contributed by atoms with Crippen molar-refractivity contribution in [3.8, 4) is 0 Å². The van der Waals surface area contributed by atoms with Gasteiger partial charge in [-0.25, -0.2) is 17.5 Å². The number of nitrogens with one attached hydrogen (secondary N) is 4. The third-order valence-electron chi connectivity index (χ3n) is 12.0. The van der Waals surface area contributed by atoms with Crippen LogP contribution in [0.4, 0.5) is 4.79 Å². The number of ketones is 1. The fourth-order valence-electron chi connectivity index (χ4n) is 8.34. The zero-order chi connectivity index (χ0) is 37.9. The maximum Gasteiger partial charge on any atom is 0.315 e. The average molecular weight is 737 g/mol. The monoisotopic (exact) mass is 736 g/mol. The number of hydrogen-bond acceptors (Lipinski definition) is 7. The van der Waals surface area contributed by atoms with Gasteiger partial charge in [-0.2, -0.15) is 0 Å². The number of amides is 5. The van der Waals surface area contributed by atoms with Gasteiger partial charge in [0.15, 0.2) is 0 Å². The van der Waals surface area contributed by atoms with Crippen LogP contribution in [0.5, 0.6) is 0 Å². The van der Waals surface area contributed by atoms with Crippen molar-refractivity contribution in [3.05, 3.63) is 0 Å². The van der Waals surface area contributed by atoms with Crippen LogP contribution >= 0.6 is 0 Å². The Morgan fingerprint density at radius 1 is 0.941 bits per heavy atom. The zero-order valence-corrected chi connectivity index (χ0v) is 33.0. The highest BCUT2D eigenvalue weighted by Gasteiger charge is 2.57. The SMILES string of the molecule is CCCNC(=O)C(=O)C(CC1CC1)NC(=O)[C@@H]1[C@H]2CCC(C)(C)[C@H]2CN1C(=O)[C@@H](NC(=O)N[C@H](CN(C)S(C)(=O)=O)C(C)(C)C)C1CCCCC1. The van der Waals surface area contributed by atoms with Crippen LogP contribution in [0.15, 0.2) is 0 Å². The first-order valence-corrected chi connectivity index (χ1v) is 21.0. The highest BCUT2D eigenvalue weighted by Crippen LogP contribution is 2.53. The normalized spacial score (nSPS) is 25.4. The molecule has 4 fully saturated rings. The number of urea groups is 1. The minimum absolute atomic E-state index is 0.0558. The van der Waals surface area contributed by atoms with E-state index in [2.05, 4.69) is 35.1 Å². The van der Waals surface area contributed by atoms with Crippen molar-refractivity contribution in [1.82, 2.24) is 30.5 Å². The first kappa shape index (κ1) is 41.0. The van der Waals surface area contributed by atoms with Crippen molar-refractivity contribution < 1.29 is 32.4 Å². The number of sulfonamides is 1. The second kappa shape index (κ2) is 16.5. The summed E-state index contributed by atoms with van der Waals surface area (Å²) in [5.74, 6) is -2.01. The van der Waals surface area contributed by atoms with Gasteiger partial charge in [-0.1, -0.05) is 73.6 Å². The largest absolute Gasteiger partial charge is 0.349 e. The predicted molar refractivity (Wildman–Crippen MR) is 196 cm³/mol. The Kier molecular flexibility index (Phi) is 13.3. The number of likely N-dealkylation sites (N-methyl/N-ethyl adjacent to an activating group) is 1. The van der Waals surface area contributed by atoms with Crippen LogP contribution < -0.4 is 21.3 Å². The van der Waals surface area contributed by atoms with E-state index in [0.717, 1.165) is 64.0 Å². The van der Waals surface area contributed by atoms with Crippen LogP contribution in [-0.2, 0) is 29.2 Å². The molecule has 290 valence electrons. The van der Waals surface area contributed by atoms with Crippen LogP contribution in [0.3, 0.4) is 0 Å². The first-order chi connectivity index (χ1) is 23.7. The molecule has 14 heteroatoms. The van der Waals surface area contributed by atoms with Gasteiger partial charge in [0.25, 0.3) is 5.91 Å². The number of hydrogen-bond donors (Lipinski definition) is 4. The number of likely N-dealkylation sites (tertiary alicyclic amines) is 1. The molecule has 13 nitrogen and oxygen atoms in total. The molecule has 1 unspecified atom stereocenters. The summed E-state index contributed by atoms with van der Waals surface area (Å²) in [7, 11) is -2.03.